The zero-order valence-corrected chi connectivity index (χ0v) is 15.5. The van der Waals surface area contributed by atoms with Crippen molar-refractivity contribution in [3.8, 4) is 0 Å². The average Bonchev–Trinajstić information content (AvgIpc) is 2.37. The van der Waals surface area contributed by atoms with Crippen molar-refractivity contribution >= 4 is 26.7 Å². The van der Waals surface area contributed by atoms with Gasteiger partial charge < -0.3 is 0 Å². The smallest absolute Gasteiger partial charge is 0.0404 e. The van der Waals surface area contributed by atoms with E-state index in [4.69, 9.17) is 0 Å². The number of rotatable bonds is 4. The third-order valence-electron chi connectivity index (χ3n) is 4.08. The highest BCUT2D eigenvalue weighted by Crippen LogP contribution is 2.38. The molecule has 2 aromatic rings. The molecule has 1 heteroatoms. The fourth-order valence-electron chi connectivity index (χ4n) is 3.36. The maximum atomic E-state index is 3.94. The fourth-order valence-corrected chi connectivity index (χ4v) is 4.39. The molecule has 2 unspecified atom stereocenters. The van der Waals surface area contributed by atoms with Gasteiger partial charge in [-0.25, -0.2) is 0 Å². The lowest BCUT2D eigenvalue weighted by Crippen LogP contribution is -2.12. The number of halogens is 1. The molecule has 0 amide bonds. The summed E-state index contributed by atoms with van der Waals surface area (Å²) in [5.41, 5.74) is 3.19. The van der Waals surface area contributed by atoms with E-state index in [-0.39, 0.29) is 0 Å². The molecular formula is C20H27Br. The quantitative estimate of drug-likeness (QED) is 0.520. The van der Waals surface area contributed by atoms with Gasteiger partial charge >= 0.3 is 0 Å². The Labute approximate surface area is 138 Å². The zero-order valence-electron chi connectivity index (χ0n) is 13.9. The summed E-state index contributed by atoms with van der Waals surface area (Å²) in [6, 6.07) is 13.3. The van der Waals surface area contributed by atoms with Gasteiger partial charge in [0.1, 0.15) is 0 Å². The molecule has 2 aromatic carbocycles. The van der Waals surface area contributed by atoms with Gasteiger partial charge in [0.2, 0.25) is 0 Å². The average molecular weight is 347 g/mol. The van der Waals surface area contributed by atoms with Gasteiger partial charge in [-0.2, -0.15) is 0 Å². The molecule has 0 heterocycles. The van der Waals surface area contributed by atoms with Crippen LogP contribution in [0.2, 0.25) is 0 Å². The van der Waals surface area contributed by atoms with E-state index in [1.165, 1.54) is 34.7 Å². The Balaban J connectivity index is 2.24. The Kier molecular flexibility index (Phi) is 5.14. The van der Waals surface area contributed by atoms with Gasteiger partial charge in [0.05, 0.1) is 0 Å². The van der Waals surface area contributed by atoms with Gasteiger partial charge in [-0.1, -0.05) is 80.0 Å². The van der Waals surface area contributed by atoms with E-state index in [0.29, 0.717) is 10.2 Å². The molecule has 114 valence electrons. The van der Waals surface area contributed by atoms with Crippen LogP contribution >= 0.6 is 15.9 Å². The summed E-state index contributed by atoms with van der Waals surface area (Å²) in [6.45, 7) is 11.5. The Morgan fingerprint density at radius 1 is 1.00 bits per heavy atom. The van der Waals surface area contributed by atoms with Crippen LogP contribution in [0, 0.1) is 18.3 Å². The van der Waals surface area contributed by atoms with Crippen molar-refractivity contribution < 1.29 is 0 Å². The lowest BCUT2D eigenvalue weighted by atomic mass is 9.83. The molecule has 0 aliphatic carbocycles. The number of hydrogen-bond acceptors (Lipinski definition) is 0. The first-order chi connectivity index (χ1) is 9.78. The van der Waals surface area contributed by atoms with E-state index in [0.717, 1.165) is 5.92 Å². The summed E-state index contributed by atoms with van der Waals surface area (Å²) in [7, 11) is 0. The number of fused-ring (bicyclic) bond motifs is 1. The van der Waals surface area contributed by atoms with Gasteiger partial charge in [0, 0.05) is 4.83 Å². The van der Waals surface area contributed by atoms with Gasteiger partial charge in [-0.05, 0) is 53.0 Å². The normalized spacial score (nSPS) is 15.1. The molecule has 2 rings (SSSR count). The second-order valence-electron chi connectivity index (χ2n) is 7.59. The Hall–Kier alpha value is -0.820. The monoisotopic (exact) mass is 346 g/mol. The predicted molar refractivity (Wildman–Crippen MR) is 98.2 cm³/mol. The first-order valence-electron chi connectivity index (χ1n) is 7.90. The zero-order chi connectivity index (χ0) is 15.6. The molecule has 21 heavy (non-hydrogen) atoms. The highest BCUT2D eigenvalue weighted by Gasteiger charge is 2.20. The minimum absolute atomic E-state index is 0.404. The molecule has 0 fully saturated rings. The Morgan fingerprint density at radius 3 is 2.24 bits per heavy atom. The number of hydrogen-bond donors (Lipinski definition) is 0. The fraction of sp³-hybridized carbons (Fsp3) is 0.500. The van der Waals surface area contributed by atoms with Crippen LogP contribution in [-0.2, 0) is 0 Å². The molecule has 0 aromatic heterocycles. The molecule has 0 bridgehead atoms. The summed E-state index contributed by atoms with van der Waals surface area (Å²) in [6.07, 6.45) is 2.45. The maximum absolute atomic E-state index is 3.94. The summed E-state index contributed by atoms with van der Waals surface area (Å²) in [4.78, 5) is 0.431. The standard InChI is InChI=1S/C20H27Br/c1-14(13-20(3,4)5)12-19(21)18-11-10-15(2)16-8-6-7-9-17(16)18/h6-11,14,19H,12-13H2,1-5H3. The van der Waals surface area contributed by atoms with Crippen molar-refractivity contribution in [2.75, 3.05) is 0 Å². The first kappa shape index (κ1) is 16.5. The van der Waals surface area contributed by atoms with Gasteiger partial charge in [0.15, 0.2) is 0 Å². The summed E-state index contributed by atoms with van der Waals surface area (Å²) < 4.78 is 0. The highest BCUT2D eigenvalue weighted by atomic mass is 79.9. The van der Waals surface area contributed by atoms with Crippen LogP contribution in [0.15, 0.2) is 36.4 Å². The molecule has 0 nitrogen and oxygen atoms in total. The van der Waals surface area contributed by atoms with Crippen LogP contribution in [0.4, 0.5) is 0 Å². The minimum Gasteiger partial charge on any atom is -0.0838 e. The van der Waals surface area contributed by atoms with Crippen LogP contribution in [0.1, 0.15) is 56.5 Å². The summed E-state index contributed by atoms with van der Waals surface area (Å²) >= 11 is 3.94. The van der Waals surface area contributed by atoms with Crippen molar-refractivity contribution in [3.63, 3.8) is 0 Å². The first-order valence-corrected chi connectivity index (χ1v) is 8.82. The lowest BCUT2D eigenvalue weighted by molar-refractivity contribution is 0.297. The molecule has 0 aliphatic heterocycles. The summed E-state index contributed by atoms with van der Waals surface area (Å²) in [5.74, 6) is 0.717. The Bertz CT molecular complexity index is 607. The molecule has 0 spiro atoms. The third kappa shape index (κ3) is 4.32. The lowest BCUT2D eigenvalue weighted by Gasteiger charge is -2.25. The number of alkyl halides is 1. The molecular weight excluding hydrogens is 320 g/mol. The van der Waals surface area contributed by atoms with Crippen molar-refractivity contribution in [1.82, 2.24) is 0 Å². The van der Waals surface area contributed by atoms with Crippen molar-refractivity contribution in [2.45, 2.75) is 52.3 Å². The van der Waals surface area contributed by atoms with Crippen LogP contribution in [0.5, 0.6) is 0 Å². The summed E-state index contributed by atoms with van der Waals surface area (Å²) in [5, 5.41) is 2.77. The van der Waals surface area contributed by atoms with E-state index in [1.54, 1.807) is 0 Å². The van der Waals surface area contributed by atoms with Crippen molar-refractivity contribution in [2.24, 2.45) is 11.3 Å². The molecule has 2 atom stereocenters. The van der Waals surface area contributed by atoms with E-state index in [1.807, 2.05) is 0 Å². The molecule has 0 saturated carbocycles. The van der Waals surface area contributed by atoms with Crippen LogP contribution in [0.25, 0.3) is 10.8 Å². The second kappa shape index (κ2) is 6.52. The van der Waals surface area contributed by atoms with Crippen LogP contribution in [-0.4, -0.2) is 0 Å². The van der Waals surface area contributed by atoms with Crippen LogP contribution < -0.4 is 0 Å². The number of benzene rings is 2. The minimum atomic E-state index is 0.404. The van der Waals surface area contributed by atoms with Gasteiger partial charge in [0.25, 0.3) is 0 Å². The maximum Gasteiger partial charge on any atom is 0.0404 e. The van der Waals surface area contributed by atoms with Gasteiger partial charge in [-0.3, -0.25) is 0 Å². The molecule has 0 saturated heterocycles. The Morgan fingerprint density at radius 2 is 1.62 bits per heavy atom. The van der Waals surface area contributed by atoms with E-state index < -0.39 is 0 Å². The van der Waals surface area contributed by atoms with Crippen LogP contribution in [0.3, 0.4) is 0 Å². The largest absolute Gasteiger partial charge is 0.0838 e. The molecule has 0 radical (unpaired) electrons. The van der Waals surface area contributed by atoms with Gasteiger partial charge in [-0.15, -0.1) is 0 Å². The topological polar surface area (TPSA) is 0 Å². The highest BCUT2D eigenvalue weighted by molar-refractivity contribution is 9.09. The SMILES string of the molecule is Cc1ccc(C(Br)CC(C)CC(C)(C)C)c2ccccc12. The molecule has 0 aliphatic rings. The second-order valence-corrected chi connectivity index (χ2v) is 8.70. The number of aryl methyl sites for hydroxylation is 1. The van der Waals surface area contributed by atoms with E-state index in [9.17, 15) is 0 Å². The van der Waals surface area contributed by atoms with E-state index in [2.05, 4.69) is 86.9 Å². The van der Waals surface area contributed by atoms with E-state index >= 15 is 0 Å². The predicted octanol–water partition coefficient (Wildman–Crippen LogP) is 7.05. The third-order valence-corrected chi connectivity index (χ3v) is 4.95. The molecule has 0 N–H and O–H groups in total. The van der Waals surface area contributed by atoms with Crippen molar-refractivity contribution in [3.05, 3.63) is 47.5 Å². The van der Waals surface area contributed by atoms with Crippen molar-refractivity contribution in [1.29, 1.82) is 0 Å².